The van der Waals surface area contributed by atoms with Gasteiger partial charge in [-0.2, -0.15) is 0 Å². The Kier molecular flexibility index (Phi) is 4.00. The van der Waals surface area contributed by atoms with E-state index in [-0.39, 0.29) is 4.90 Å². The number of halogens is 1. The van der Waals surface area contributed by atoms with Gasteiger partial charge in [-0.05, 0) is 65.4 Å². The summed E-state index contributed by atoms with van der Waals surface area (Å²) in [7, 11) is -3.59. The molecule has 2 aromatic rings. The highest BCUT2D eigenvalue weighted by Crippen LogP contribution is 2.23. The Morgan fingerprint density at radius 2 is 1.84 bits per heavy atom. The van der Waals surface area contributed by atoms with Crippen LogP contribution in [0.25, 0.3) is 0 Å². The quantitative estimate of drug-likeness (QED) is 0.627. The van der Waals surface area contributed by atoms with Crippen molar-refractivity contribution in [3.63, 3.8) is 0 Å². The molecular formula is C13H13IN2O2S. The zero-order valence-electron chi connectivity index (χ0n) is 10.2. The van der Waals surface area contributed by atoms with Crippen molar-refractivity contribution in [2.24, 2.45) is 0 Å². The molecule has 0 aliphatic carbocycles. The second kappa shape index (κ2) is 5.38. The third-order valence-electron chi connectivity index (χ3n) is 2.67. The highest BCUT2D eigenvalue weighted by Gasteiger charge is 2.15. The van der Waals surface area contributed by atoms with Gasteiger partial charge >= 0.3 is 0 Å². The summed E-state index contributed by atoms with van der Waals surface area (Å²) in [4.78, 5) is 0.207. The van der Waals surface area contributed by atoms with Gasteiger partial charge in [0, 0.05) is 9.26 Å². The molecule has 0 saturated heterocycles. The number of nitrogen functional groups attached to an aromatic ring is 1. The van der Waals surface area contributed by atoms with Crippen LogP contribution in [0.2, 0.25) is 0 Å². The zero-order valence-corrected chi connectivity index (χ0v) is 13.2. The van der Waals surface area contributed by atoms with Crippen LogP contribution in [0.1, 0.15) is 5.56 Å². The van der Waals surface area contributed by atoms with Gasteiger partial charge in [-0.3, -0.25) is 4.72 Å². The van der Waals surface area contributed by atoms with Gasteiger partial charge in [0.1, 0.15) is 0 Å². The first kappa shape index (κ1) is 14.1. The van der Waals surface area contributed by atoms with Crippen molar-refractivity contribution in [3.05, 3.63) is 51.6 Å². The summed E-state index contributed by atoms with van der Waals surface area (Å²) in [5.74, 6) is 0. The average Bonchev–Trinajstić information content (AvgIpc) is 2.35. The first-order chi connectivity index (χ1) is 8.90. The fourth-order valence-electron chi connectivity index (χ4n) is 1.56. The molecule has 0 aliphatic rings. The van der Waals surface area contributed by atoms with Crippen molar-refractivity contribution < 1.29 is 8.42 Å². The van der Waals surface area contributed by atoms with Crippen LogP contribution in [0.4, 0.5) is 11.4 Å². The van der Waals surface area contributed by atoms with Gasteiger partial charge in [0.25, 0.3) is 10.0 Å². The molecule has 0 amide bonds. The zero-order chi connectivity index (χ0) is 14.0. The van der Waals surface area contributed by atoms with E-state index < -0.39 is 10.0 Å². The molecule has 3 N–H and O–H groups in total. The molecule has 0 fully saturated rings. The lowest BCUT2D eigenvalue weighted by Gasteiger charge is -2.10. The summed E-state index contributed by atoms with van der Waals surface area (Å²) in [6.07, 6.45) is 0. The molecule has 2 rings (SSSR count). The van der Waals surface area contributed by atoms with Crippen LogP contribution in [-0.2, 0) is 10.0 Å². The highest BCUT2D eigenvalue weighted by molar-refractivity contribution is 14.1. The van der Waals surface area contributed by atoms with E-state index in [0.29, 0.717) is 11.4 Å². The van der Waals surface area contributed by atoms with Crippen LogP contribution >= 0.6 is 22.6 Å². The molecule has 0 aromatic heterocycles. The number of rotatable bonds is 3. The SMILES string of the molecule is Cc1cc(S(=O)(=O)Nc2ccccc2I)ccc1N. The number of nitrogens with one attached hydrogen (secondary N) is 1. The van der Waals surface area contributed by atoms with Crippen LogP contribution in [0, 0.1) is 10.5 Å². The normalized spacial score (nSPS) is 11.3. The summed E-state index contributed by atoms with van der Waals surface area (Å²) in [5, 5.41) is 0. The van der Waals surface area contributed by atoms with Gasteiger partial charge < -0.3 is 5.73 Å². The Morgan fingerprint density at radius 3 is 2.47 bits per heavy atom. The van der Waals surface area contributed by atoms with Gasteiger partial charge in [0.2, 0.25) is 0 Å². The fraction of sp³-hybridized carbons (Fsp3) is 0.0769. The summed E-state index contributed by atoms with van der Waals surface area (Å²) in [6, 6.07) is 11.9. The maximum atomic E-state index is 12.3. The molecular weight excluding hydrogens is 375 g/mol. The molecule has 6 heteroatoms. The van der Waals surface area contributed by atoms with E-state index in [1.54, 1.807) is 31.2 Å². The Labute approximate surface area is 126 Å². The van der Waals surface area contributed by atoms with Crippen molar-refractivity contribution in [3.8, 4) is 0 Å². The minimum absolute atomic E-state index is 0.207. The highest BCUT2D eigenvalue weighted by atomic mass is 127. The summed E-state index contributed by atoms with van der Waals surface area (Å²) in [6.45, 7) is 1.78. The van der Waals surface area contributed by atoms with Crippen LogP contribution in [0.3, 0.4) is 0 Å². The van der Waals surface area contributed by atoms with Crippen molar-refractivity contribution in [2.45, 2.75) is 11.8 Å². The van der Waals surface area contributed by atoms with Crippen LogP contribution in [0.5, 0.6) is 0 Å². The smallest absolute Gasteiger partial charge is 0.261 e. The largest absolute Gasteiger partial charge is 0.399 e. The number of hydrogen-bond acceptors (Lipinski definition) is 3. The summed E-state index contributed by atoms with van der Waals surface area (Å²) in [5.41, 5.74) is 7.58. The average molecular weight is 388 g/mol. The first-order valence-electron chi connectivity index (χ1n) is 5.53. The molecule has 0 atom stereocenters. The topological polar surface area (TPSA) is 72.2 Å². The predicted molar refractivity (Wildman–Crippen MR) is 85.6 cm³/mol. The second-order valence-electron chi connectivity index (χ2n) is 4.10. The Bertz CT molecular complexity index is 714. The van der Waals surface area contributed by atoms with Crippen molar-refractivity contribution in [1.82, 2.24) is 0 Å². The second-order valence-corrected chi connectivity index (χ2v) is 6.95. The maximum absolute atomic E-state index is 12.3. The third-order valence-corrected chi connectivity index (χ3v) is 4.97. The van der Waals surface area contributed by atoms with Crippen LogP contribution < -0.4 is 10.5 Å². The van der Waals surface area contributed by atoms with Gasteiger partial charge in [-0.15, -0.1) is 0 Å². The number of hydrogen-bond donors (Lipinski definition) is 2. The predicted octanol–water partition coefficient (Wildman–Crippen LogP) is 2.98. The minimum atomic E-state index is -3.59. The molecule has 0 saturated carbocycles. The van der Waals surface area contributed by atoms with Gasteiger partial charge in [-0.1, -0.05) is 12.1 Å². The molecule has 0 aliphatic heterocycles. The van der Waals surface area contributed by atoms with Crippen molar-refractivity contribution in [1.29, 1.82) is 0 Å². The van der Waals surface area contributed by atoms with Gasteiger partial charge in [-0.25, -0.2) is 8.42 Å². The number of sulfonamides is 1. The van der Waals surface area contributed by atoms with E-state index in [2.05, 4.69) is 27.3 Å². The molecule has 100 valence electrons. The molecule has 2 aromatic carbocycles. The Morgan fingerprint density at radius 1 is 1.16 bits per heavy atom. The van der Waals surface area contributed by atoms with E-state index in [4.69, 9.17) is 5.73 Å². The maximum Gasteiger partial charge on any atom is 0.261 e. The van der Waals surface area contributed by atoms with E-state index in [9.17, 15) is 8.42 Å². The monoisotopic (exact) mass is 388 g/mol. The third kappa shape index (κ3) is 3.19. The summed E-state index contributed by atoms with van der Waals surface area (Å²) < 4.78 is 27.9. The lowest BCUT2D eigenvalue weighted by molar-refractivity contribution is 0.601. The van der Waals surface area contributed by atoms with Crippen LogP contribution in [0.15, 0.2) is 47.4 Å². The van der Waals surface area contributed by atoms with Gasteiger partial charge in [0.15, 0.2) is 0 Å². The van der Waals surface area contributed by atoms with Crippen LogP contribution in [-0.4, -0.2) is 8.42 Å². The molecule has 0 spiro atoms. The fourth-order valence-corrected chi connectivity index (χ4v) is 3.43. The summed E-state index contributed by atoms with van der Waals surface area (Å²) >= 11 is 2.08. The standard InChI is InChI=1S/C13H13IN2O2S/c1-9-8-10(6-7-12(9)15)19(17,18)16-13-5-3-2-4-11(13)14/h2-8,16H,15H2,1H3. The van der Waals surface area contributed by atoms with Crippen molar-refractivity contribution >= 4 is 44.0 Å². The lowest BCUT2D eigenvalue weighted by atomic mass is 10.2. The number of nitrogens with two attached hydrogens (primary N) is 1. The number of aryl methyl sites for hydroxylation is 1. The van der Waals surface area contributed by atoms with E-state index >= 15 is 0 Å². The molecule has 0 radical (unpaired) electrons. The number of anilines is 2. The molecule has 4 nitrogen and oxygen atoms in total. The molecule has 0 heterocycles. The van der Waals surface area contributed by atoms with E-state index in [1.807, 2.05) is 12.1 Å². The lowest BCUT2D eigenvalue weighted by Crippen LogP contribution is -2.14. The Balaban J connectivity index is 2.38. The molecule has 19 heavy (non-hydrogen) atoms. The minimum Gasteiger partial charge on any atom is -0.399 e. The van der Waals surface area contributed by atoms with E-state index in [0.717, 1.165) is 9.13 Å². The molecule has 0 bridgehead atoms. The first-order valence-corrected chi connectivity index (χ1v) is 8.10. The Hall–Kier alpha value is -1.28. The van der Waals surface area contributed by atoms with E-state index in [1.165, 1.54) is 6.07 Å². The number of benzene rings is 2. The number of para-hydroxylation sites is 1. The van der Waals surface area contributed by atoms with Crippen molar-refractivity contribution in [2.75, 3.05) is 10.5 Å². The van der Waals surface area contributed by atoms with Gasteiger partial charge in [0.05, 0.1) is 10.6 Å². The molecule has 0 unspecified atom stereocenters.